The fourth-order valence-corrected chi connectivity index (χ4v) is 1.78. The van der Waals surface area contributed by atoms with Crippen LogP contribution in [0.1, 0.15) is 5.69 Å². The second-order valence-corrected chi connectivity index (χ2v) is 4.42. The lowest BCUT2D eigenvalue weighted by Gasteiger charge is -2.09. The number of anilines is 1. The van der Waals surface area contributed by atoms with Crippen LogP contribution in [0.3, 0.4) is 0 Å². The molecule has 0 saturated heterocycles. The van der Waals surface area contributed by atoms with E-state index in [0.717, 1.165) is 11.4 Å². The molecule has 0 unspecified atom stereocenters. The van der Waals surface area contributed by atoms with Crippen LogP contribution >= 0.6 is 0 Å². The normalized spacial score (nSPS) is 10.0. The Hall–Kier alpha value is -2.83. The fourth-order valence-electron chi connectivity index (χ4n) is 1.78. The number of amides is 3. The number of carbonyl (C=O) groups excluding carboxylic acids is 2. The molecule has 110 valence electrons. The maximum Gasteiger partial charge on any atom is 0.319 e. The van der Waals surface area contributed by atoms with E-state index in [9.17, 15) is 9.59 Å². The second-order valence-electron chi connectivity index (χ2n) is 4.42. The third-order valence-electron chi connectivity index (χ3n) is 2.87. The van der Waals surface area contributed by atoms with Crippen molar-refractivity contribution in [3.05, 3.63) is 42.2 Å². The first-order valence-corrected chi connectivity index (χ1v) is 6.46. The van der Waals surface area contributed by atoms with Gasteiger partial charge < -0.3 is 16.0 Å². The highest BCUT2D eigenvalue weighted by Crippen LogP contribution is 2.15. The predicted octanol–water partition coefficient (Wildman–Crippen LogP) is 1.05. The minimum atomic E-state index is -0.437. The standard InChI is InChI=1S/C14H17N5O2/c1-10-6-7-17-19(10)12-5-3-4-11(8-12)18-14(21)16-9-13(20)15-2/h3-8H,9H2,1-2H3,(H,15,20)(H2,16,18,21). The first-order chi connectivity index (χ1) is 10.1. The van der Waals surface area contributed by atoms with Gasteiger partial charge in [0.05, 0.1) is 12.2 Å². The van der Waals surface area contributed by atoms with Gasteiger partial charge in [-0.2, -0.15) is 5.10 Å². The minimum Gasteiger partial charge on any atom is -0.358 e. The van der Waals surface area contributed by atoms with Gasteiger partial charge in [-0.3, -0.25) is 4.79 Å². The molecule has 0 atom stereocenters. The summed E-state index contributed by atoms with van der Waals surface area (Å²) >= 11 is 0. The zero-order chi connectivity index (χ0) is 15.2. The summed E-state index contributed by atoms with van der Waals surface area (Å²) in [5.74, 6) is -0.258. The van der Waals surface area contributed by atoms with Gasteiger partial charge in [0.25, 0.3) is 0 Å². The molecule has 0 aliphatic carbocycles. The Balaban J connectivity index is 2.03. The van der Waals surface area contributed by atoms with Crippen molar-refractivity contribution in [1.29, 1.82) is 0 Å². The predicted molar refractivity (Wildman–Crippen MR) is 79.4 cm³/mol. The largest absolute Gasteiger partial charge is 0.358 e. The molecule has 2 rings (SSSR count). The topological polar surface area (TPSA) is 88.0 Å². The summed E-state index contributed by atoms with van der Waals surface area (Å²) in [4.78, 5) is 22.7. The lowest BCUT2D eigenvalue weighted by Crippen LogP contribution is -2.37. The SMILES string of the molecule is CNC(=O)CNC(=O)Nc1cccc(-n2nccc2C)c1. The summed E-state index contributed by atoms with van der Waals surface area (Å²) in [5, 5.41) is 11.8. The maximum atomic E-state index is 11.7. The summed E-state index contributed by atoms with van der Waals surface area (Å²) in [6, 6.07) is 8.75. The molecule has 0 aliphatic rings. The number of likely N-dealkylation sites (N-methyl/N-ethyl adjacent to an activating group) is 1. The van der Waals surface area contributed by atoms with Crippen molar-refractivity contribution in [3.63, 3.8) is 0 Å². The van der Waals surface area contributed by atoms with E-state index in [1.807, 2.05) is 25.1 Å². The number of hydrogen-bond donors (Lipinski definition) is 3. The number of carbonyl (C=O) groups is 2. The second kappa shape index (κ2) is 6.56. The molecule has 0 saturated carbocycles. The molecule has 3 N–H and O–H groups in total. The lowest BCUT2D eigenvalue weighted by atomic mass is 10.2. The van der Waals surface area contributed by atoms with Gasteiger partial charge in [-0.1, -0.05) is 6.07 Å². The van der Waals surface area contributed by atoms with E-state index in [1.54, 1.807) is 23.0 Å². The highest BCUT2D eigenvalue weighted by molar-refractivity contribution is 5.92. The number of benzene rings is 1. The van der Waals surface area contributed by atoms with Crippen LogP contribution in [0, 0.1) is 6.92 Å². The number of nitrogens with zero attached hydrogens (tertiary/aromatic N) is 2. The summed E-state index contributed by atoms with van der Waals surface area (Å²) in [7, 11) is 1.51. The molecule has 7 heteroatoms. The third kappa shape index (κ3) is 3.82. The number of rotatable bonds is 4. The van der Waals surface area contributed by atoms with Crippen molar-refractivity contribution in [1.82, 2.24) is 20.4 Å². The van der Waals surface area contributed by atoms with Crippen LogP contribution in [0.25, 0.3) is 5.69 Å². The van der Waals surface area contributed by atoms with Gasteiger partial charge >= 0.3 is 6.03 Å². The van der Waals surface area contributed by atoms with Crippen LogP contribution < -0.4 is 16.0 Å². The van der Waals surface area contributed by atoms with Gasteiger partial charge in [0.1, 0.15) is 0 Å². The molecule has 1 heterocycles. The van der Waals surface area contributed by atoms with Crippen molar-refractivity contribution in [3.8, 4) is 5.69 Å². The molecule has 0 spiro atoms. The Morgan fingerprint density at radius 3 is 2.76 bits per heavy atom. The van der Waals surface area contributed by atoms with Crippen molar-refractivity contribution >= 4 is 17.6 Å². The smallest absolute Gasteiger partial charge is 0.319 e. The Bertz CT molecular complexity index is 650. The molecule has 0 bridgehead atoms. The third-order valence-corrected chi connectivity index (χ3v) is 2.87. The molecule has 0 aliphatic heterocycles. The zero-order valence-corrected chi connectivity index (χ0v) is 11.9. The highest BCUT2D eigenvalue weighted by Gasteiger charge is 2.06. The number of hydrogen-bond acceptors (Lipinski definition) is 3. The molecule has 0 fully saturated rings. The lowest BCUT2D eigenvalue weighted by molar-refractivity contribution is -0.119. The Kier molecular flexibility index (Phi) is 4.55. The quantitative estimate of drug-likeness (QED) is 0.785. The van der Waals surface area contributed by atoms with E-state index < -0.39 is 6.03 Å². The van der Waals surface area contributed by atoms with Crippen LogP contribution in [0.4, 0.5) is 10.5 Å². The molecular weight excluding hydrogens is 270 g/mol. The molecule has 21 heavy (non-hydrogen) atoms. The first kappa shape index (κ1) is 14.6. The number of aryl methyl sites for hydroxylation is 1. The molecule has 3 amide bonds. The molecular formula is C14H17N5O2. The van der Waals surface area contributed by atoms with Gasteiger partial charge in [0.2, 0.25) is 5.91 Å². The van der Waals surface area contributed by atoms with Gasteiger partial charge in [0.15, 0.2) is 0 Å². The Labute approximate surface area is 122 Å². The van der Waals surface area contributed by atoms with E-state index in [1.165, 1.54) is 7.05 Å². The summed E-state index contributed by atoms with van der Waals surface area (Å²) in [6.07, 6.45) is 1.71. The highest BCUT2D eigenvalue weighted by atomic mass is 16.2. The monoisotopic (exact) mass is 287 g/mol. The van der Waals surface area contributed by atoms with Crippen molar-refractivity contribution < 1.29 is 9.59 Å². The summed E-state index contributed by atoms with van der Waals surface area (Å²) < 4.78 is 1.77. The van der Waals surface area contributed by atoms with Crippen LogP contribution in [-0.2, 0) is 4.79 Å². The van der Waals surface area contributed by atoms with Gasteiger partial charge in [0, 0.05) is 24.6 Å². The fraction of sp³-hybridized carbons (Fsp3) is 0.214. The number of nitrogens with one attached hydrogen (secondary N) is 3. The average molecular weight is 287 g/mol. The van der Waals surface area contributed by atoms with Gasteiger partial charge in [-0.15, -0.1) is 0 Å². The van der Waals surface area contributed by atoms with Crippen molar-refractivity contribution in [2.45, 2.75) is 6.92 Å². The van der Waals surface area contributed by atoms with Crippen LogP contribution in [0.2, 0.25) is 0 Å². The maximum absolute atomic E-state index is 11.7. The van der Waals surface area contributed by atoms with Gasteiger partial charge in [-0.25, -0.2) is 9.48 Å². The number of urea groups is 1. The minimum absolute atomic E-state index is 0.0692. The molecule has 2 aromatic rings. The molecule has 0 radical (unpaired) electrons. The molecule has 1 aromatic carbocycles. The summed E-state index contributed by atoms with van der Waals surface area (Å²) in [6.45, 7) is 1.88. The van der Waals surface area contributed by atoms with E-state index in [4.69, 9.17) is 0 Å². The van der Waals surface area contributed by atoms with E-state index in [2.05, 4.69) is 21.0 Å². The van der Waals surface area contributed by atoms with Crippen LogP contribution in [-0.4, -0.2) is 35.3 Å². The van der Waals surface area contributed by atoms with Crippen LogP contribution in [0.15, 0.2) is 36.5 Å². The first-order valence-electron chi connectivity index (χ1n) is 6.46. The van der Waals surface area contributed by atoms with Crippen molar-refractivity contribution in [2.75, 3.05) is 18.9 Å². The Morgan fingerprint density at radius 1 is 1.29 bits per heavy atom. The van der Waals surface area contributed by atoms with Gasteiger partial charge in [-0.05, 0) is 31.2 Å². The molecule has 7 nitrogen and oxygen atoms in total. The van der Waals surface area contributed by atoms with E-state index in [-0.39, 0.29) is 12.5 Å². The summed E-state index contributed by atoms with van der Waals surface area (Å²) in [5.41, 5.74) is 2.47. The van der Waals surface area contributed by atoms with E-state index in [0.29, 0.717) is 5.69 Å². The number of aromatic nitrogens is 2. The van der Waals surface area contributed by atoms with Crippen molar-refractivity contribution in [2.24, 2.45) is 0 Å². The zero-order valence-electron chi connectivity index (χ0n) is 11.9. The van der Waals surface area contributed by atoms with E-state index >= 15 is 0 Å². The Morgan fingerprint density at radius 2 is 2.10 bits per heavy atom. The molecule has 1 aromatic heterocycles. The average Bonchev–Trinajstić information content (AvgIpc) is 2.91. The van der Waals surface area contributed by atoms with Crippen LogP contribution in [0.5, 0.6) is 0 Å².